The van der Waals surface area contributed by atoms with Crippen LogP contribution in [0, 0.1) is 13.8 Å². The molecule has 0 aromatic carbocycles. The summed E-state index contributed by atoms with van der Waals surface area (Å²) in [5, 5.41) is 6.39. The van der Waals surface area contributed by atoms with Crippen molar-refractivity contribution in [2.45, 2.75) is 39.2 Å². The normalized spacial score (nSPS) is 17.0. The van der Waals surface area contributed by atoms with E-state index in [1.165, 1.54) is 12.8 Å². The fourth-order valence-corrected chi connectivity index (χ4v) is 2.38. The Morgan fingerprint density at radius 2 is 2.15 bits per heavy atom. The number of aromatic nitrogens is 1. The molecule has 0 unspecified atom stereocenters. The largest absolute Gasteiger partial charge is 0.352 e. The number of nitrogens with zero attached hydrogens (tertiary/aromatic N) is 1. The van der Waals surface area contributed by atoms with Crippen LogP contribution >= 0.6 is 24.8 Å². The molecule has 1 aliphatic rings. The average Bonchev–Trinajstić information content (AvgIpc) is 2.81. The monoisotopic (exact) mass is 319 g/mol. The SMILES string of the molecule is Cc1ccc(C(=O)NCC[C@H]2CCCN2)c(C)n1.Cl.Cl. The second kappa shape index (κ2) is 9.16. The average molecular weight is 320 g/mol. The van der Waals surface area contributed by atoms with Gasteiger partial charge in [0.1, 0.15) is 0 Å². The van der Waals surface area contributed by atoms with E-state index in [9.17, 15) is 4.79 Å². The fraction of sp³-hybridized carbons (Fsp3) is 0.571. The Morgan fingerprint density at radius 1 is 1.40 bits per heavy atom. The minimum absolute atomic E-state index is 0. The molecule has 1 amide bonds. The first kappa shape index (κ1) is 19.2. The van der Waals surface area contributed by atoms with Gasteiger partial charge >= 0.3 is 0 Å². The molecule has 6 heteroatoms. The van der Waals surface area contributed by atoms with Crippen LogP contribution in [0.25, 0.3) is 0 Å². The summed E-state index contributed by atoms with van der Waals surface area (Å²) in [6, 6.07) is 4.30. The summed E-state index contributed by atoms with van der Waals surface area (Å²) in [5.74, 6) is -0.0157. The van der Waals surface area contributed by atoms with E-state index in [-0.39, 0.29) is 30.7 Å². The summed E-state index contributed by atoms with van der Waals surface area (Å²) in [6.07, 6.45) is 3.48. The van der Waals surface area contributed by atoms with Crippen LogP contribution in [0.2, 0.25) is 0 Å². The van der Waals surface area contributed by atoms with Gasteiger partial charge in [0.25, 0.3) is 5.91 Å². The summed E-state index contributed by atoms with van der Waals surface area (Å²) in [4.78, 5) is 16.3. The standard InChI is InChI=1S/C14H21N3O.2ClH/c1-10-5-6-13(11(2)17-10)14(18)16-9-7-12-4-3-8-15-12;;/h5-6,12,15H,3-4,7-9H2,1-2H3,(H,16,18);2*1H/t12-;;/m1../s1. The molecular weight excluding hydrogens is 297 g/mol. The number of hydrogen-bond donors (Lipinski definition) is 2. The first-order chi connectivity index (χ1) is 8.66. The summed E-state index contributed by atoms with van der Waals surface area (Å²) in [7, 11) is 0. The van der Waals surface area contributed by atoms with Crippen molar-refractivity contribution in [3.05, 3.63) is 29.1 Å². The van der Waals surface area contributed by atoms with Crippen LogP contribution in [0.1, 0.15) is 41.0 Å². The Kier molecular flexibility index (Phi) is 8.78. The van der Waals surface area contributed by atoms with E-state index in [1.807, 2.05) is 26.0 Å². The van der Waals surface area contributed by atoms with Gasteiger partial charge in [-0.15, -0.1) is 24.8 Å². The van der Waals surface area contributed by atoms with Gasteiger partial charge in [0.05, 0.1) is 11.3 Å². The van der Waals surface area contributed by atoms with E-state index in [4.69, 9.17) is 0 Å². The maximum absolute atomic E-state index is 12.0. The molecule has 4 nitrogen and oxygen atoms in total. The van der Waals surface area contributed by atoms with E-state index in [2.05, 4.69) is 15.6 Å². The molecule has 2 N–H and O–H groups in total. The highest BCUT2D eigenvalue weighted by atomic mass is 35.5. The molecule has 1 atom stereocenters. The number of carbonyl (C=O) groups is 1. The maximum atomic E-state index is 12.0. The molecule has 2 heterocycles. The van der Waals surface area contributed by atoms with Gasteiger partial charge in [-0.2, -0.15) is 0 Å². The van der Waals surface area contributed by atoms with Crippen LogP contribution in [-0.2, 0) is 0 Å². The number of amides is 1. The molecule has 1 aliphatic heterocycles. The third kappa shape index (κ3) is 5.27. The Hall–Kier alpha value is -0.840. The van der Waals surface area contributed by atoms with Crippen molar-refractivity contribution in [1.29, 1.82) is 0 Å². The zero-order chi connectivity index (χ0) is 13.0. The minimum atomic E-state index is -0.0157. The highest BCUT2D eigenvalue weighted by Crippen LogP contribution is 2.09. The maximum Gasteiger partial charge on any atom is 0.253 e. The number of carbonyl (C=O) groups excluding carboxylic acids is 1. The molecule has 1 fully saturated rings. The molecule has 20 heavy (non-hydrogen) atoms. The first-order valence-electron chi connectivity index (χ1n) is 6.62. The Bertz CT molecular complexity index is 434. The van der Waals surface area contributed by atoms with Crippen LogP contribution in [0.15, 0.2) is 12.1 Å². The molecule has 0 spiro atoms. The Labute approximate surface area is 132 Å². The second-order valence-corrected chi connectivity index (χ2v) is 4.92. The van der Waals surface area contributed by atoms with Gasteiger partial charge in [0, 0.05) is 18.3 Å². The highest BCUT2D eigenvalue weighted by molar-refractivity contribution is 5.95. The summed E-state index contributed by atoms with van der Waals surface area (Å²) in [6.45, 7) is 5.64. The predicted molar refractivity (Wildman–Crippen MR) is 86.2 cm³/mol. The minimum Gasteiger partial charge on any atom is -0.352 e. The van der Waals surface area contributed by atoms with Gasteiger partial charge in [0.15, 0.2) is 0 Å². The lowest BCUT2D eigenvalue weighted by atomic mass is 10.1. The smallest absolute Gasteiger partial charge is 0.253 e. The zero-order valence-electron chi connectivity index (χ0n) is 11.9. The van der Waals surface area contributed by atoms with Crippen LogP contribution in [0.3, 0.4) is 0 Å². The quantitative estimate of drug-likeness (QED) is 0.896. The van der Waals surface area contributed by atoms with Crippen molar-refractivity contribution in [2.75, 3.05) is 13.1 Å². The molecule has 1 saturated heterocycles. The van der Waals surface area contributed by atoms with Crippen LogP contribution < -0.4 is 10.6 Å². The molecule has 2 rings (SSSR count). The zero-order valence-corrected chi connectivity index (χ0v) is 13.6. The first-order valence-corrected chi connectivity index (χ1v) is 6.62. The summed E-state index contributed by atoms with van der Waals surface area (Å²) < 4.78 is 0. The topological polar surface area (TPSA) is 54.0 Å². The summed E-state index contributed by atoms with van der Waals surface area (Å²) >= 11 is 0. The van der Waals surface area contributed by atoms with E-state index < -0.39 is 0 Å². The molecular formula is C14H23Cl2N3O. The van der Waals surface area contributed by atoms with E-state index in [0.29, 0.717) is 11.6 Å². The van der Waals surface area contributed by atoms with Crippen molar-refractivity contribution in [1.82, 2.24) is 15.6 Å². The number of rotatable bonds is 4. The summed E-state index contributed by atoms with van der Waals surface area (Å²) in [5.41, 5.74) is 2.42. The van der Waals surface area contributed by atoms with E-state index >= 15 is 0 Å². The van der Waals surface area contributed by atoms with Crippen molar-refractivity contribution in [3.8, 4) is 0 Å². The van der Waals surface area contributed by atoms with Crippen molar-refractivity contribution >= 4 is 30.7 Å². The number of pyridine rings is 1. The lowest BCUT2D eigenvalue weighted by Gasteiger charge is -2.11. The van der Waals surface area contributed by atoms with Gasteiger partial charge in [-0.05, 0) is 51.8 Å². The van der Waals surface area contributed by atoms with Crippen LogP contribution in [0.5, 0.6) is 0 Å². The number of hydrogen-bond acceptors (Lipinski definition) is 3. The highest BCUT2D eigenvalue weighted by Gasteiger charge is 2.14. The van der Waals surface area contributed by atoms with Gasteiger partial charge < -0.3 is 10.6 Å². The number of nitrogens with one attached hydrogen (secondary N) is 2. The van der Waals surface area contributed by atoms with E-state index in [0.717, 1.165) is 30.9 Å². The van der Waals surface area contributed by atoms with Crippen LogP contribution in [-0.4, -0.2) is 30.0 Å². The molecule has 1 aromatic rings. The Morgan fingerprint density at radius 3 is 2.75 bits per heavy atom. The molecule has 1 aromatic heterocycles. The van der Waals surface area contributed by atoms with Gasteiger partial charge in [-0.1, -0.05) is 0 Å². The molecule has 0 saturated carbocycles. The lowest BCUT2D eigenvalue weighted by molar-refractivity contribution is 0.0951. The second-order valence-electron chi connectivity index (χ2n) is 4.92. The third-order valence-electron chi connectivity index (χ3n) is 3.41. The van der Waals surface area contributed by atoms with Crippen molar-refractivity contribution in [2.24, 2.45) is 0 Å². The molecule has 0 bridgehead atoms. The number of halogens is 2. The molecule has 114 valence electrons. The van der Waals surface area contributed by atoms with Gasteiger partial charge in [-0.25, -0.2) is 0 Å². The number of aryl methyl sites for hydroxylation is 2. The fourth-order valence-electron chi connectivity index (χ4n) is 2.38. The van der Waals surface area contributed by atoms with Crippen molar-refractivity contribution in [3.63, 3.8) is 0 Å². The molecule has 0 radical (unpaired) electrons. The molecule has 0 aliphatic carbocycles. The third-order valence-corrected chi connectivity index (χ3v) is 3.41. The predicted octanol–water partition coefficient (Wildman–Crippen LogP) is 2.41. The van der Waals surface area contributed by atoms with Gasteiger partial charge in [0.2, 0.25) is 0 Å². The Balaban J connectivity index is 0.00000180. The van der Waals surface area contributed by atoms with Gasteiger partial charge in [-0.3, -0.25) is 9.78 Å². The van der Waals surface area contributed by atoms with Crippen LogP contribution in [0.4, 0.5) is 0 Å². The lowest BCUT2D eigenvalue weighted by Crippen LogP contribution is -2.31. The van der Waals surface area contributed by atoms with Crippen molar-refractivity contribution < 1.29 is 4.79 Å². The van der Waals surface area contributed by atoms with E-state index in [1.54, 1.807) is 0 Å².